The first-order chi connectivity index (χ1) is 12.9. The number of aromatic nitrogens is 1. The Bertz CT molecular complexity index is 911. The third kappa shape index (κ3) is 4.75. The average molecular weight is 452 g/mol. The van der Waals surface area contributed by atoms with E-state index in [1.165, 1.54) is 10.4 Å². The molecule has 0 radical (unpaired) electrons. The van der Waals surface area contributed by atoms with Gasteiger partial charge in [0.05, 0.1) is 17.1 Å². The molecule has 0 bridgehead atoms. The van der Waals surface area contributed by atoms with Crippen LogP contribution in [0.1, 0.15) is 35.8 Å². The van der Waals surface area contributed by atoms with Crippen molar-refractivity contribution in [3.05, 3.63) is 58.3 Å². The van der Waals surface area contributed by atoms with Gasteiger partial charge >= 0.3 is 0 Å². The fourth-order valence-electron chi connectivity index (χ4n) is 2.98. The minimum absolute atomic E-state index is 0.127. The SMILES string of the molecule is CC1CCN(S(=O)(=O)c2cc(C(=O)NCc3ccccn3)ccc2Br)CC1. The van der Waals surface area contributed by atoms with E-state index in [9.17, 15) is 13.2 Å². The molecule has 0 unspecified atom stereocenters. The summed E-state index contributed by atoms with van der Waals surface area (Å²) in [5.41, 5.74) is 1.04. The number of amides is 1. The normalized spacial score (nSPS) is 16.2. The molecular formula is C19H22BrN3O3S. The maximum atomic E-state index is 13.0. The smallest absolute Gasteiger partial charge is 0.251 e. The Balaban J connectivity index is 1.78. The first kappa shape index (κ1) is 20.0. The van der Waals surface area contributed by atoms with Crippen molar-refractivity contribution in [3.63, 3.8) is 0 Å². The second-order valence-electron chi connectivity index (χ2n) is 6.74. The maximum Gasteiger partial charge on any atom is 0.251 e. The van der Waals surface area contributed by atoms with Crippen molar-refractivity contribution in [1.82, 2.24) is 14.6 Å². The largest absolute Gasteiger partial charge is 0.346 e. The molecule has 1 saturated heterocycles. The van der Waals surface area contributed by atoms with Crippen molar-refractivity contribution in [2.45, 2.75) is 31.2 Å². The Morgan fingerprint density at radius 2 is 2.00 bits per heavy atom. The molecule has 1 N–H and O–H groups in total. The summed E-state index contributed by atoms with van der Waals surface area (Å²) in [6.45, 7) is 3.42. The number of carbonyl (C=O) groups is 1. The van der Waals surface area contributed by atoms with Gasteiger partial charge < -0.3 is 5.32 Å². The van der Waals surface area contributed by atoms with Crippen molar-refractivity contribution in [3.8, 4) is 0 Å². The summed E-state index contributed by atoms with van der Waals surface area (Å²) in [6.07, 6.45) is 3.35. The quantitative estimate of drug-likeness (QED) is 0.756. The standard InChI is InChI=1S/C19H22BrN3O3S/c1-14-7-10-23(11-8-14)27(25,26)18-12-15(5-6-17(18)20)19(24)22-13-16-4-2-3-9-21-16/h2-6,9,12,14H,7-8,10-11,13H2,1H3,(H,22,24). The Morgan fingerprint density at radius 3 is 2.67 bits per heavy atom. The summed E-state index contributed by atoms with van der Waals surface area (Å²) in [5.74, 6) is 0.195. The van der Waals surface area contributed by atoms with Gasteiger partial charge in [0.25, 0.3) is 5.91 Å². The fourth-order valence-corrected chi connectivity index (χ4v) is 5.40. The van der Waals surface area contributed by atoms with E-state index in [0.29, 0.717) is 29.0 Å². The molecule has 0 spiro atoms. The number of benzene rings is 1. The predicted molar refractivity (Wildman–Crippen MR) is 107 cm³/mol. The highest BCUT2D eigenvalue weighted by atomic mass is 79.9. The van der Waals surface area contributed by atoms with Crippen LogP contribution in [-0.2, 0) is 16.6 Å². The lowest BCUT2D eigenvalue weighted by Gasteiger charge is -2.29. The molecule has 1 aliphatic heterocycles. The van der Waals surface area contributed by atoms with E-state index in [1.807, 2.05) is 12.1 Å². The van der Waals surface area contributed by atoms with Crippen molar-refractivity contribution in [2.75, 3.05) is 13.1 Å². The van der Waals surface area contributed by atoms with Crippen molar-refractivity contribution < 1.29 is 13.2 Å². The zero-order valence-electron chi connectivity index (χ0n) is 15.1. The van der Waals surface area contributed by atoms with Crippen LogP contribution in [0.15, 0.2) is 52.0 Å². The van der Waals surface area contributed by atoms with Crippen LogP contribution in [0.3, 0.4) is 0 Å². The second-order valence-corrected chi connectivity index (χ2v) is 9.50. The summed E-state index contributed by atoms with van der Waals surface area (Å²) in [6, 6.07) is 10.1. The number of carbonyl (C=O) groups excluding carboxylic acids is 1. The summed E-state index contributed by atoms with van der Waals surface area (Å²) in [5, 5.41) is 2.77. The lowest BCUT2D eigenvalue weighted by Crippen LogP contribution is -2.38. The summed E-state index contributed by atoms with van der Waals surface area (Å²) < 4.78 is 28.0. The van der Waals surface area contributed by atoms with Crippen LogP contribution in [-0.4, -0.2) is 36.7 Å². The number of nitrogens with zero attached hydrogens (tertiary/aromatic N) is 2. The number of halogens is 1. The molecule has 144 valence electrons. The van der Waals surface area contributed by atoms with Crippen LogP contribution in [0, 0.1) is 5.92 Å². The molecule has 2 heterocycles. The number of hydrogen-bond donors (Lipinski definition) is 1. The molecule has 0 aliphatic carbocycles. The van der Waals surface area contributed by atoms with E-state index in [-0.39, 0.29) is 17.3 Å². The number of rotatable bonds is 5. The van der Waals surface area contributed by atoms with E-state index in [1.54, 1.807) is 24.4 Å². The molecule has 1 fully saturated rings. The minimum Gasteiger partial charge on any atom is -0.346 e. The highest BCUT2D eigenvalue weighted by molar-refractivity contribution is 9.10. The van der Waals surface area contributed by atoms with Gasteiger partial charge in [-0.3, -0.25) is 9.78 Å². The number of nitrogens with one attached hydrogen (secondary N) is 1. The molecule has 0 saturated carbocycles. The Labute approximate surface area is 168 Å². The van der Waals surface area contributed by atoms with Crippen LogP contribution in [0.5, 0.6) is 0 Å². The zero-order valence-corrected chi connectivity index (χ0v) is 17.5. The lowest BCUT2D eigenvalue weighted by atomic mass is 10.0. The first-order valence-electron chi connectivity index (χ1n) is 8.86. The third-order valence-electron chi connectivity index (χ3n) is 4.71. The Kier molecular flexibility index (Phi) is 6.29. The fraction of sp³-hybridized carbons (Fsp3) is 0.368. The van der Waals surface area contributed by atoms with Gasteiger partial charge in [0.2, 0.25) is 10.0 Å². The molecule has 2 aromatic rings. The van der Waals surface area contributed by atoms with Gasteiger partial charge in [-0.1, -0.05) is 13.0 Å². The molecule has 8 heteroatoms. The molecule has 27 heavy (non-hydrogen) atoms. The molecule has 3 rings (SSSR count). The third-order valence-corrected chi connectivity index (χ3v) is 7.60. The van der Waals surface area contributed by atoms with Crippen LogP contribution >= 0.6 is 15.9 Å². The van der Waals surface area contributed by atoms with Crippen molar-refractivity contribution >= 4 is 31.9 Å². The summed E-state index contributed by atoms with van der Waals surface area (Å²) >= 11 is 3.32. The zero-order chi connectivity index (χ0) is 19.4. The van der Waals surface area contributed by atoms with Crippen molar-refractivity contribution in [1.29, 1.82) is 0 Å². The molecule has 1 aromatic carbocycles. The molecule has 1 amide bonds. The highest BCUT2D eigenvalue weighted by Crippen LogP contribution is 2.29. The van der Waals surface area contributed by atoms with E-state index in [4.69, 9.17) is 0 Å². The lowest BCUT2D eigenvalue weighted by molar-refractivity contribution is 0.0950. The van der Waals surface area contributed by atoms with Gasteiger partial charge in [-0.15, -0.1) is 0 Å². The summed E-state index contributed by atoms with van der Waals surface area (Å²) in [4.78, 5) is 16.8. The molecule has 1 aromatic heterocycles. The number of hydrogen-bond acceptors (Lipinski definition) is 4. The van der Waals surface area contributed by atoms with Gasteiger partial charge in [-0.2, -0.15) is 4.31 Å². The Hall–Kier alpha value is -1.77. The molecular weight excluding hydrogens is 430 g/mol. The predicted octanol–water partition coefficient (Wildman–Crippen LogP) is 3.19. The topological polar surface area (TPSA) is 79.4 Å². The summed E-state index contributed by atoms with van der Waals surface area (Å²) in [7, 11) is -3.65. The van der Waals surface area contributed by atoms with E-state index < -0.39 is 10.0 Å². The van der Waals surface area contributed by atoms with Crippen LogP contribution < -0.4 is 5.32 Å². The van der Waals surface area contributed by atoms with E-state index in [0.717, 1.165) is 18.5 Å². The van der Waals surface area contributed by atoms with E-state index >= 15 is 0 Å². The van der Waals surface area contributed by atoms with Gasteiger partial charge in [0.1, 0.15) is 0 Å². The van der Waals surface area contributed by atoms with Crippen molar-refractivity contribution in [2.24, 2.45) is 5.92 Å². The maximum absolute atomic E-state index is 13.0. The molecule has 6 nitrogen and oxygen atoms in total. The van der Waals surface area contributed by atoms with Gasteiger partial charge in [0.15, 0.2) is 0 Å². The molecule has 0 atom stereocenters. The van der Waals surface area contributed by atoms with Crippen LogP contribution in [0.2, 0.25) is 0 Å². The minimum atomic E-state index is -3.65. The number of piperidine rings is 1. The second kappa shape index (κ2) is 8.50. The van der Waals surface area contributed by atoms with Crippen LogP contribution in [0.25, 0.3) is 0 Å². The average Bonchev–Trinajstić information content (AvgIpc) is 2.67. The van der Waals surface area contributed by atoms with Gasteiger partial charge in [0, 0.05) is 29.3 Å². The Morgan fingerprint density at radius 1 is 1.26 bits per heavy atom. The molecule has 1 aliphatic rings. The highest BCUT2D eigenvalue weighted by Gasteiger charge is 2.30. The van der Waals surface area contributed by atoms with Gasteiger partial charge in [-0.25, -0.2) is 8.42 Å². The monoisotopic (exact) mass is 451 g/mol. The first-order valence-corrected chi connectivity index (χ1v) is 11.1. The number of pyridine rings is 1. The van der Waals surface area contributed by atoms with Crippen LogP contribution in [0.4, 0.5) is 0 Å². The number of sulfonamides is 1. The van der Waals surface area contributed by atoms with E-state index in [2.05, 4.69) is 33.2 Å². The van der Waals surface area contributed by atoms with Gasteiger partial charge in [-0.05, 0) is 65.0 Å².